The minimum atomic E-state index is -0.328. The fraction of sp³-hybridized carbons (Fsp3) is 0.283. The van der Waals surface area contributed by atoms with Gasteiger partial charge in [0.1, 0.15) is 17.9 Å². The molecule has 0 amide bonds. The second-order valence-corrected chi connectivity index (χ2v) is 22.1. The number of fused-ring (bicyclic) bond motifs is 3. The van der Waals surface area contributed by atoms with Gasteiger partial charge < -0.3 is 5.11 Å². The van der Waals surface area contributed by atoms with E-state index in [-0.39, 0.29) is 27.4 Å². The Labute approximate surface area is 385 Å². The zero-order valence-corrected chi connectivity index (χ0v) is 40.4. The lowest BCUT2D eigenvalue weighted by atomic mass is 9.79. The van der Waals surface area contributed by atoms with Crippen LogP contribution < -0.4 is 0 Å². The molecule has 0 saturated heterocycles. The first-order chi connectivity index (χ1) is 30.6. The van der Waals surface area contributed by atoms with Crippen LogP contribution in [0.5, 0.6) is 5.75 Å². The predicted octanol–water partition coefficient (Wildman–Crippen LogP) is 16.0. The summed E-state index contributed by atoms with van der Waals surface area (Å²) in [6.45, 7) is 29.0. The van der Waals surface area contributed by atoms with Gasteiger partial charge in [0.05, 0.1) is 33.5 Å². The highest BCUT2D eigenvalue weighted by Crippen LogP contribution is 2.46. The van der Waals surface area contributed by atoms with E-state index in [2.05, 4.69) is 222 Å². The molecular weight excluding hydrogens is 793 g/mol. The monoisotopic (exact) mass is 854 g/mol. The van der Waals surface area contributed by atoms with E-state index in [4.69, 9.17) is 15.0 Å². The molecule has 0 atom stereocenters. The minimum absolute atomic E-state index is 0.0768. The Balaban J connectivity index is 1.39. The molecule has 1 N–H and O–H groups in total. The van der Waals surface area contributed by atoms with Crippen LogP contribution in [0.15, 0.2) is 134 Å². The summed E-state index contributed by atoms with van der Waals surface area (Å²) in [6.07, 6.45) is 1.71. The van der Waals surface area contributed by atoms with E-state index in [1.54, 1.807) is 6.33 Å². The lowest BCUT2D eigenvalue weighted by Crippen LogP contribution is -2.17. The second-order valence-electron chi connectivity index (χ2n) is 22.1. The number of aromatic hydroxyl groups is 1. The summed E-state index contributed by atoms with van der Waals surface area (Å²) in [6, 6.07) is 46.0. The van der Waals surface area contributed by atoms with E-state index in [9.17, 15) is 5.11 Å². The summed E-state index contributed by atoms with van der Waals surface area (Å²) in [5, 5.41) is 16.0. The quantitative estimate of drug-likeness (QED) is 0.175. The molecule has 5 nitrogen and oxygen atoms in total. The van der Waals surface area contributed by atoms with Gasteiger partial charge in [-0.3, -0.25) is 4.57 Å². The van der Waals surface area contributed by atoms with Gasteiger partial charge >= 0.3 is 0 Å². The molecule has 9 aromatic rings. The molecule has 0 spiro atoms. The topological polar surface area (TPSA) is 63.8 Å². The van der Waals surface area contributed by atoms with E-state index in [1.807, 2.05) is 0 Å². The molecule has 2 heterocycles. The Bertz CT molecular complexity index is 3310. The third-order valence-corrected chi connectivity index (χ3v) is 13.2. The van der Waals surface area contributed by atoms with Crippen molar-refractivity contribution in [2.75, 3.05) is 0 Å². The normalized spacial score (nSPS) is 12.8. The highest BCUT2D eigenvalue weighted by Gasteiger charge is 2.30. The number of phenolic OH excluding ortho intramolecular Hbond substituents is 1. The smallest absolute Gasteiger partial charge is 0.149 e. The maximum absolute atomic E-state index is 12.6. The van der Waals surface area contributed by atoms with Gasteiger partial charge in [0.2, 0.25) is 0 Å². The number of imidazole rings is 1. The van der Waals surface area contributed by atoms with E-state index in [0.717, 1.165) is 77.8 Å². The molecule has 0 saturated carbocycles. The lowest BCUT2D eigenvalue weighted by Gasteiger charge is -2.28. The third kappa shape index (κ3) is 7.90. The van der Waals surface area contributed by atoms with Crippen molar-refractivity contribution in [3.8, 4) is 56.3 Å². The van der Waals surface area contributed by atoms with Gasteiger partial charge in [-0.05, 0) is 115 Å². The number of para-hydroxylation sites is 1. The number of benzene rings is 7. The summed E-state index contributed by atoms with van der Waals surface area (Å²) in [7, 11) is 0. The first kappa shape index (κ1) is 43.7. The van der Waals surface area contributed by atoms with Crippen molar-refractivity contribution in [3.05, 3.63) is 162 Å². The molecule has 7 aromatic carbocycles. The van der Waals surface area contributed by atoms with E-state index >= 15 is 0 Å². The Kier molecular flexibility index (Phi) is 10.4. The zero-order valence-electron chi connectivity index (χ0n) is 40.4. The predicted molar refractivity (Wildman–Crippen MR) is 275 cm³/mol. The average Bonchev–Trinajstić information content (AvgIpc) is 3.64. The zero-order chi connectivity index (χ0) is 46.4. The van der Waals surface area contributed by atoms with Crippen LogP contribution in [-0.4, -0.2) is 24.6 Å². The number of aryl methyl sites for hydroxylation is 1. The third-order valence-electron chi connectivity index (χ3n) is 13.2. The maximum Gasteiger partial charge on any atom is 0.149 e. The molecule has 328 valence electrons. The van der Waals surface area contributed by atoms with E-state index < -0.39 is 0 Å². The Morgan fingerprint density at radius 2 is 1.12 bits per heavy atom. The van der Waals surface area contributed by atoms with Crippen LogP contribution in [0.2, 0.25) is 0 Å². The van der Waals surface area contributed by atoms with Crippen LogP contribution in [-0.2, 0) is 21.7 Å². The molecule has 0 aliphatic rings. The fourth-order valence-corrected chi connectivity index (χ4v) is 9.27. The number of rotatable bonds is 5. The van der Waals surface area contributed by atoms with Crippen molar-refractivity contribution in [1.82, 2.24) is 19.5 Å². The van der Waals surface area contributed by atoms with Crippen LogP contribution in [0.1, 0.15) is 111 Å². The first-order valence-corrected chi connectivity index (χ1v) is 23.0. The number of hydrogen-bond acceptors (Lipinski definition) is 4. The van der Waals surface area contributed by atoms with Crippen molar-refractivity contribution in [2.24, 2.45) is 0 Å². The van der Waals surface area contributed by atoms with Crippen molar-refractivity contribution < 1.29 is 5.11 Å². The number of phenols is 1. The second kappa shape index (κ2) is 15.5. The number of aromatic nitrogens is 4. The van der Waals surface area contributed by atoms with Crippen molar-refractivity contribution in [3.63, 3.8) is 0 Å². The van der Waals surface area contributed by atoms with Crippen molar-refractivity contribution in [2.45, 2.75) is 112 Å². The Morgan fingerprint density at radius 1 is 0.477 bits per heavy atom. The van der Waals surface area contributed by atoms with Gasteiger partial charge in [0, 0.05) is 27.6 Å². The summed E-state index contributed by atoms with van der Waals surface area (Å²) in [4.78, 5) is 15.6. The molecule has 0 fully saturated rings. The molecular formula is C60H62N4O. The molecule has 9 rings (SSSR count). The lowest BCUT2D eigenvalue weighted by molar-refractivity contribution is 0.446. The molecule has 0 radical (unpaired) electrons. The molecule has 2 aromatic heterocycles. The van der Waals surface area contributed by atoms with Gasteiger partial charge in [-0.15, -0.1) is 0 Å². The Morgan fingerprint density at radius 3 is 1.82 bits per heavy atom. The summed E-state index contributed by atoms with van der Waals surface area (Å²) in [5.41, 5.74) is 15.5. The largest absolute Gasteiger partial charge is 0.507 e. The van der Waals surface area contributed by atoms with Gasteiger partial charge in [-0.2, -0.15) is 0 Å². The molecule has 0 bridgehead atoms. The van der Waals surface area contributed by atoms with Crippen LogP contribution >= 0.6 is 0 Å². The maximum atomic E-state index is 12.6. The van der Waals surface area contributed by atoms with Crippen LogP contribution in [0.3, 0.4) is 0 Å². The van der Waals surface area contributed by atoms with E-state index in [1.165, 1.54) is 21.9 Å². The van der Waals surface area contributed by atoms with Crippen LogP contribution in [0, 0.1) is 6.92 Å². The fourth-order valence-electron chi connectivity index (χ4n) is 9.27. The molecule has 0 unspecified atom stereocenters. The summed E-state index contributed by atoms with van der Waals surface area (Å²) in [5.74, 6) is 0.949. The Hall–Kier alpha value is -6.59. The summed E-state index contributed by atoms with van der Waals surface area (Å²) < 4.78 is 2.29. The van der Waals surface area contributed by atoms with Crippen molar-refractivity contribution in [1.29, 1.82) is 0 Å². The number of nitrogens with zero attached hydrogens (tertiary/aromatic N) is 4. The average molecular weight is 855 g/mol. The minimum Gasteiger partial charge on any atom is -0.507 e. The number of hydrogen-bond donors (Lipinski definition) is 1. The molecule has 5 heteroatoms. The van der Waals surface area contributed by atoms with Gasteiger partial charge in [0.25, 0.3) is 0 Å². The highest BCUT2D eigenvalue weighted by atomic mass is 16.3. The van der Waals surface area contributed by atoms with Gasteiger partial charge in [0.15, 0.2) is 0 Å². The van der Waals surface area contributed by atoms with Crippen molar-refractivity contribution >= 4 is 32.7 Å². The van der Waals surface area contributed by atoms with Crippen LogP contribution in [0.4, 0.5) is 0 Å². The van der Waals surface area contributed by atoms with Gasteiger partial charge in [-0.25, -0.2) is 15.0 Å². The summed E-state index contributed by atoms with van der Waals surface area (Å²) >= 11 is 0. The molecule has 65 heavy (non-hydrogen) atoms. The van der Waals surface area contributed by atoms with Gasteiger partial charge in [-0.1, -0.05) is 168 Å². The van der Waals surface area contributed by atoms with Crippen LogP contribution in [0.25, 0.3) is 83.3 Å². The standard InChI is InChI=1S/C60H62N4O/c1-36-44-23-18-17-22-38(44)31-47-52(36)61-35-62-53(47)40-28-39(29-42(30-40)58(5,6)7)45-24-19-25-51-54(45)63-56(48-33-43(59(8,9)10)34-49(55(48)65)60(11,12)13)64(51)50-27-26-41(57(2,3)4)32-46(50)37-20-15-14-16-21-37/h14-35,65H,1-13H3. The molecule has 0 aliphatic heterocycles. The first-order valence-electron chi connectivity index (χ1n) is 23.0. The SMILES string of the molecule is Cc1c2ccccc2cc2c(-c3cc(-c4cccc5c4nc(-c4cc(C(C)(C)C)cc(C(C)(C)C)c4O)n5-c4ccc(C(C)(C)C)cc4-c4ccccc4)cc(C(C)(C)C)c3)ncnc12. The van der Waals surface area contributed by atoms with E-state index in [0.29, 0.717) is 11.4 Å². The highest BCUT2D eigenvalue weighted by molar-refractivity contribution is 6.06. The molecule has 0 aliphatic carbocycles.